The van der Waals surface area contributed by atoms with Crippen molar-refractivity contribution >= 4 is 11.3 Å². The fraction of sp³-hybridized carbons (Fsp3) is 0.500. The highest BCUT2D eigenvalue weighted by Gasteiger charge is 2.30. The number of aromatic nitrogens is 2. The summed E-state index contributed by atoms with van der Waals surface area (Å²) in [5.74, 6) is 0.719. The molecule has 96 valence electrons. The quantitative estimate of drug-likeness (QED) is 0.919. The maximum absolute atomic E-state index is 6.26. The molecule has 3 nitrogen and oxygen atoms in total. The second-order valence-corrected chi connectivity index (χ2v) is 6.20. The van der Waals surface area contributed by atoms with Crippen LogP contribution in [0.4, 0.5) is 0 Å². The van der Waals surface area contributed by atoms with Crippen LogP contribution < -0.4 is 5.73 Å². The summed E-state index contributed by atoms with van der Waals surface area (Å²) in [4.78, 5) is 2.62. The predicted octanol–water partition coefficient (Wildman–Crippen LogP) is 3.12. The highest BCUT2D eigenvalue weighted by atomic mass is 32.1. The predicted molar refractivity (Wildman–Crippen MR) is 75.6 cm³/mol. The molecule has 0 bridgehead atoms. The molecule has 1 unspecified atom stereocenters. The summed E-state index contributed by atoms with van der Waals surface area (Å²) < 4.78 is 1.90. The third kappa shape index (κ3) is 2.10. The van der Waals surface area contributed by atoms with Crippen LogP contribution in [0.5, 0.6) is 0 Å². The topological polar surface area (TPSA) is 43.8 Å². The molecule has 2 aromatic rings. The van der Waals surface area contributed by atoms with Crippen molar-refractivity contribution in [3.63, 3.8) is 0 Å². The number of hydrogen-bond acceptors (Lipinski definition) is 3. The van der Waals surface area contributed by atoms with E-state index in [9.17, 15) is 0 Å². The van der Waals surface area contributed by atoms with Gasteiger partial charge in [0.15, 0.2) is 0 Å². The Labute approximate surface area is 112 Å². The Bertz CT molecular complexity index is 551. The van der Waals surface area contributed by atoms with Crippen molar-refractivity contribution in [1.29, 1.82) is 0 Å². The zero-order valence-corrected chi connectivity index (χ0v) is 11.7. The summed E-state index contributed by atoms with van der Waals surface area (Å²) in [7, 11) is 1.98. The van der Waals surface area contributed by atoms with Crippen LogP contribution in [0, 0.1) is 5.92 Å². The van der Waals surface area contributed by atoms with Gasteiger partial charge in [0, 0.05) is 34.6 Å². The van der Waals surface area contributed by atoms with E-state index in [4.69, 9.17) is 5.73 Å². The highest BCUT2D eigenvalue weighted by molar-refractivity contribution is 7.15. The molecule has 1 aliphatic carbocycles. The second kappa shape index (κ2) is 4.52. The number of thiophene rings is 1. The van der Waals surface area contributed by atoms with Gasteiger partial charge in [-0.15, -0.1) is 11.3 Å². The van der Waals surface area contributed by atoms with Gasteiger partial charge in [0.1, 0.15) is 0 Å². The maximum atomic E-state index is 6.26. The molecular formula is C14H19N3S. The monoisotopic (exact) mass is 261 g/mol. The van der Waals surface area contributed by atoms with Crippen molar-refractivity contribution in [3.05, 3.63) is 28.9 Å². The first kappa shape index (κ1) is 11.9. The summed E-state index contributed by atoms with van der Waals surface area (Å²) in [6.07, 6.45) is 5.66. The summed E-state index contributed by atoms with van der Waals surface area (Å²) >= 11 is 1.83. The van der Waals surface area contributed by atoms with Crippen LogP contribution in [0.2, 0.25) is 0 Å². The van der Waals surface area contributed by atoms with Crippen LogP contribution >= 0.6 is 11.3 Å². The average molecular weight is 261 g/mol. The molecule has 0 radical (unpaired) electrons. The molecule has 3 rings (SSSR count). The third-order valence-electron chi connectivity index (χ3n) is 3.59. The van der Waals surface area contributed by atoms with Crippen LogP contribution in [-0.4, -0.2) is 9.78 Å². The van der Waals surface area contributed by atoms with E-state index in [-0.39, 0.29) is 6.04 Å². The Hall–Kier alpha value is -1.13. The highest BCUT2D eigenvalue weighted by Crippen LogP contribution is 2.43. The van der Waals surface area contributed by atoms with E-state index in [1.54, 1.807) is 0 Å². The Balaban J connectivity index is 1.91. The van der Waals surface area contributed by atoms with Gasteiger partial charge < -0.3 is 5.73 Å². The molecule has 1 fully saturated rings. The van der Waals surface area contributed by atoms with Crippen molar-refractivity contribution in [2.75, 3.05) is 0 Å². The summed E-state index contributed by atoms with van der Waals surface area (Å²) in [5, 5.41) is 4.50. The molecule has 2 aromatic heterocycles. The van der Waals surface area contributed by atoms with E-state index in [0.29, 0.717) is 0 Å². The lowest BCUT2D eigenvalue weighted by molar-refractivity contribution is 0.645. The first-order valence-electron chi connectivity index (χ1n) is 6.57. The number of rotatable bonds is 4. The summed E-state index contributed by atoms with van der Waals surface area (Å²) in [5.41, 5.74) is 8.69. The van der Waals surface area contributed by atoms with Gasteiger partial charge in [0.2, 0.25) is 0 Å². The maximum Gasteiger partial charge on any atom is 0.0708 e. The van der Waals surface area contributed by atoms with Crippen LogP contribution in [-0.2, 0) is 13.5 Å². The zero-order valence-electron chi connectivity index (χ0n) is 10.9. The van der Waals surface area contributed by atoms with Gasteiger partial charge in [-0.05, 0) is 37.3 Å². The molecule has 2 N–H and O–H groups in total. The van der Waals surface area contributed by atoms with E-state index in [2.05, 4.69) is 30.4 Å². The smallest absolute Gasteiger partial charge is 0.0708 e. The van der Waals surface area contributed by atoms with E-state index < -0.39 is 0 Å². The Morgan fingerprint density at radius 2 is 2.28 bits per heavy atom. The molecule has 18 heavy (non-hydrogen) atoms. The molecule has 0 aliphatic heterocycles. The number of hydrogen-bond donors (Lipinski definition) is 1. The molecule has 0 spiro atoms. The molecule has 0 aromatic carbocycles. The lowest BCUT2D eigenvalue weighted by atomic mass is 10.1. The largest absolute Gasteiger partial charge is 0.323 e. The molecule has 1 atom stereocenters. The van der Waals surface area contributed by atoms with Crippen molar-refractivity contribution in [2.24, 2.45) is 18.7 Å². The number of nitrogens with zero attached hydrogens (tertiary/aromatic N) is 2. The van der Waals surface area contributed by atoms with Crippen LogP contribution in [0.15, 0.2) is 18.3 Å². The van der Waals surface area contributed by atoms with Crippen LogP contribution in [0.1, 0.15) is 36.4 Å². The van der Waals surface area contributed by atoms with E-state index >= 15 is 0 Å². The third-order valence-corrected chi connectivity index (χ3v) is 4.81. The van der Waals surface area contributed by atoms with Crippen LogP contribution in [0.3, 0.4) is 0 Å². The minimum Gasteiger partial charge on any atom is -0.323 e. The lowest BCUT2D eigenvalue weighted by Gasteiger charge is -2.06. The van der Waals surface area contributed by atoms with Crippen molar-refractivity contribution < 1.29 is 0 Å². The van der Waals surface area contributed by atoms with E-state index in [1.165, 1.54) is 33.9 Å². The van der Waals surface area contributed by atoms with Gasteiger partial charge in [0.25, 0.3) is 0 Å². The van der Waals surface area contributed by atoms with Gasteiger partial charge >= 0.3 is 0 Å². The van der Waals surface area contributed by atoms with Gasteiger partial charge in [-0.2, -0.15) is 5.10 Å². The second-order valence-electron chi connectivity index (χ2n) is 5.08. The standard InChI is InChI=1S/C14H19N3S/c1-3-11-10(8-17(2)16-11)12-6-7-13(18-12)14(15)9-4-5-9/h6-9,14H,3-5,15H2,1-2H3. The lowest BCUT2D eigenvalue weighted by Crippen LogP contribution is -2.10. The van der Waals surface area contributed by atoms with Gasteiger partial charge in [-0.1, -0.05) is 6.92 Å². The van der Waals surface area contributed by atoms with Crippen molar-refractivity contribution in [2.45, 2.75) is 32.2 Å². The van der Waals surface area contributed by atoms with E-state index in [1.807, 2.05) is 23.1 Å². The molecule has 0 amide bonds. The Morgan fingerprint density at radius 3 is 2.94 bits per heavy atom. The summed E-state index contributed by atoms with van der Waals surface area (Å²) in [6, 6.07) is 4.62. The Kier molecular flexibility index (Phi) is 2.99. The first-order valence-corrected chi connectivity index (χ1v) is 7.39. The molecule has 1 aliphatic rings. The van der Waals surface area contributed by atoms with Gasteiger partial charge in [-0.25, -0.2) is 0 Å². The Morgan fingerprint density at radius 1 is 1.50 bits per heavy atom. The molecule has 0 saturated heterocycles. The average Bonchev–Trinajstić information content (AvgIpc) is 2.97. The minimum atomic E-state index is 0.241. The van der Waals surface area contributed by atoms with Crippen molar-refractivity contribution in [1.82, 2.24) is 9.78 Å². The van der Waals surface area contributed by atoms with Crippen molar-refractivity contribution in [3.8, 4) is 10.4 Å². The number of aryl methyl sites for hydroxylation is 2. The zero-order chi connectivity index (χ0) is 12.7. The first-order chi connectivity index (χ1) is 8.69. The van der Waals surface area contributed by atoms with Gasteiger partial charge in [-0.3, -0.25) is 4.68 Å². The fourth-order valence-electron chi connectivity index (χ4n) is 2.37. The fourth-order valence-corrected chi connectivity index (χ4v) is 3.50. The van der Waals surface area contributed by atoms with E-state index in [0.717, 1.165) is 12.3 Å². The molecule has 4 heteroatoms. The van der Waals surface area contributed by atoms with Crippen LogP contribution in [0.25, 0.3) is 10.4 Å². The SMILES string of the molecule is CCc1nn(C)cc1-c1ccc(C(N)C2CC2)s1. The molecular weight excluding hydrogens is 242 g/mol. The summed E-state index contributed by atoms with van der Waals surface area (Å²) in [6.45, 7) is 2.15. The molecule has 1 saturated carbocycles. The number of nitrogens with two attached hydrogens (primary N) is 1. The van der Waals surface area contributed by atoms with Gasteiger partial charge in [0.05, 0.1) is 5.69 Å². The minimum absolute atomic E-state index is 0.241. The normalized spacial score (nSPS) is 17.1. The molecule has 2 heterocycles.